The number of amides is 9. The van der Waals surface area contributed by atoms with Gasteiger partial charge in [-0.1, -0.05) is 44.9 Å². The number of phenolic OH excluding ortho intramolecular Hbond substituents is 1. The number of alkyl carbamates (subject to hydrolysis) is 1. The van der Waals surface area contributed by atoms with E-state index in [0.29, 0.717) is 12.2 Å². The van der Waals surface area contributed by atoms with Gasteiger partial charge in [-0.15, -0.1) is 11.3 Å². The van der Waals surface area contributed by atoms with Gasteiger partial charge in [0.05, 0.1) is 61.1 Å². The number of rotatable bonds is 21. The summed E-state index contributed by atoms with van der Waals surface area (Å²) in [5.74, 6) is -9.83. The number of aromatic nitrogens is 1. The molecular weight excluding hydrogens is 1240 g/mol. The van der Waals surface area contributed by atoms with Crippen LogP contribution in [0, 0.1) is 5.92 Å². The van der Waals surface area contributed by atoms with Crippen molar-refractivity contribution in [1.29, 1.82) is 0 Å². The molecule has 0 aliphatic carbocycles. The number of hydrogen-bond donors (Lipinski definition) is 14. The molecule has 3 aliphatic rings. The number of benzene rings is 3. The molecule has 0 spiro atoms. The fourth-order valence-corrected chi connectivity index (χ4v) is 11.9. The minimum absolute atomic E-state index is 0.0359. The van der Waals surface area contributed by atoms with Crippen molar-refractivity contribution >= 4 is 64.7 Å². The molecule has 3 fully saturated rings. The Kier molecular flexibility index (Phi) is 25.6. The van der Waals surface area contributed by atoms with E-state index in [2.05, 4.69) is 43.8 Å². The summed E-state index contributed by atoms with van der Waals surface area (Å²) in [4.78, 5) is 133. The molecule has 0 saturated carbocycles. The zero-order chi connectivity index (χ0) is 68.7. The van der Waals surface area contributed by atoms with E-state index in [0.717, 1.165) is 57.2 Å². The standard InChI is InChI=1S/C64H86N10O19S/c1-7-8-9-22-91-41-18-16-38(17-19-41)60-68-30-48(94-60)36-12-14-37(15-13-36)55(83)69-42-26-39(76)29-67-59(87)53-54(82)33(2)31-74(53)62(89)52(46(80)28-49(65)81)72-58(86)51(71-57(85)43-27-40(77)32-73(43)61(88)50(34(3)75)70-56(42)84)45(79)24-35-11-20-44(78)47(25-35)92-23-10-21-66-63(90)93-64(4,5)6/h11-20,25,30,33-34,39-40,42-43,45-46,50-54,75-80,82H,7-10,21-24,26-29,31-32H2,1-6H3,(H2,65,81)(H,66,90)(H,67,87)(H,69,83)(H,70,84)(H,71,85)(H,72,86)/t33-,34+,39+,40+,42?,43-,45+,46+,50-,51-,52-,53-,54-/m0/s1. The lowest BCUT2D eigenvalue weighted by molar-refractivity contribution is -0.147. The number of carbonyl (C=O) groups excluding carboxylic acids is 9. The summed E-state index contributed by atoms with van der Waals surface area (Å²) in [6, 6.07) is 6.10. The first-order chi connectivity index (χ1) is 44.5. The second-order valence-corrected chi connectivity index (χ2v) is 25.8. The van der Waals surface area contributed by atoms with Crippen molar-refractivity contribution in [3.63, 3.8) is 0 Å². The van der Waals surface area contributed by atoms with Crippen LogP contribution < -0.4 is 47.1 Å². The molecule has 4 aromatic rings. The van der Waals surface area contributed by atoms with E-state index in [9.17, 15) is 78.9 Å². The molecule has 512 valence electrons. The number of aliphatic hydroxyl groups excluding tert-OH is 6. The van der Waals surface area contributed by atoms with Gasteiger partial charge in [-0.3, -0.25) is 38.4 Å². The Hall–Kier alpha value is -8.52. The predicted octanol–water partition coefficient (Wildman–Crippen LogP) is -0.131. The largest absolute Gasteiger partial charge is 0.504 e. The summed E-state index contributed by atoms with van der Waals surface area (Å²) in [5, 5.41) is 94.9. The van der Waals surface area contributed by atoms with Crippen LogP contribution in [-0.2, 0) is 44.7 Å². The Labute approximate surface area is 547 Å². The number of fused-ring (bicyclic) bond motifs is 2. The maximum atomic E-state index is 14.8. The van der Waals surface area contributed by atoms with Gasteiger partial charge in [0, 0.05) is 68.7 Å². The number of carbonyl (C=O) groups is 9. The second-order valence-electron chi connectivity index (χ2n) is 24.8. The molecular formula is C64H86N10O19S. The van der Waals surface area contributed by atoms with Crippen molar-refractivity contribution in [2.75, 3.05) is 39.4 Å². The van der Waals surface area contributed by atoms with Crippen LogP contribution in [0.1, 0.15) is 102 Å². The van der Waals surface area contributed by atoms with E-state index < -0.39 is 183 Å². The molecule has 15 N–H and O–H groups in total. The summed E-state index contributed by atoms with van der Waals surface area (Å²) >= 11 is 1.40. The number of nitrogens with one attached hydrogen (secondary N) is 6. The van der Waals surface area contributed by atoms with Crippen molar-refractivity contribution in [2.45, 2.75) is 171 Å². The normalized spacial score (nSPS) is 24.4. The monoisotopic (exact) mass is 1330 g/mol. The topological polar surface area (TPSA) is 440 Å². The van der Waals surface area contributed by atoms with Crippen LogP contribution in [0.3, 0.4) is 0 Å². The highest BCUT2D eigenvalue weighted by Gasteiger charge is 2.50. The minimum atomic E-state index is -2.21. The fourth-order valence-electron chi connectivity index (χ4n) is 11.0. The highest BCUT2D eigenvalue weighted by molar-refractivity contribution is 7.18. The summed E-state index contributed by atoms with van der Waals surface area (Å²) in [6.07, 6.45) is -9.08. The Morgan fingerprint density at radius 2 is 1.43 bits per heavy atom. The summed E-state index contributed by atoms with van der Waals surface area (Å²) in [7, 11) is 0. The van der Waals surface area contributed by atoms with Crippen molar-refractivity contribution < 1.29 is 93.1 Å². The first-order valence-corrected chi connectivity index (χ1v) is 32.0. The number of ether oxygens (including phenoxy) is 3. The third-order valence-electron chi connectivity index (χ3n) is 15.9. The average molecular weight is 1330 g/mol. The predicted molar refractivity (Wildman–Crippen MR) is 339 cm³/mol. The summed E-state index contributed by atoms with van der Waals surface area (Å²) in [5.41, 5.74) is 6.47. The van der Waals surface area contributed by atoms with Gasteiger partial charge in [-0.25, -0.2) is 9.78 Å². The molecule has 3 aliphatic heterocycles. The molecule has 94 heavy (non-hydrogen) atoms. The Morgan fingerprint density at radius 1 is 0.766 bits per heavy atom. The maximum absolute atomic E-state index is 14.8. The van der Waals surface area contributed by atoms with Gasteiger partial charge in [0.25, 0.3) is 5.91 Å². The van der Waals surface area contributed by atoms with Crippen LogP contribution in [0.25, 0.3) is 21.0 Å². The van der Waals surface area contributed by atoms with Crippen LogP contribution in [-0.4, -0.2) is 222 Å². The highest BCUT2D eigenvalue weighted by Crippen LogP contribution is 2.34. The molecule has 3 aromatic carbocycles. The Morgan fingerprint density at radius 3 is 2.10 bits per heavy atom. The SMILES string of the molecule is CCCCCOc1ccc(-c2ncc(-c3ccc(C(=O)NC4C[C@@H](O)CNC(=O)[C@@H]5[C@@H](O)[C@@H](C)CN5C(=O)[C@H]([C@H](O)CC(N)=O)NC(=O)[C@H]([C@H](O)Cc5ccc(O)c(OCCCNC(=O)OC(C)(C)C)c5)NC(=O)[C@@H]5C[C@@H](O)CN5C(=O)[C@H]([C@@H](C)O)NC4=O)cc3)s2)cc1. The number of aromatic hydroxyl groups is 1. The van der Waals surface area contributed by atoms with E-state index >= 15 is 0 Å². The molecule has 4 heterocycles. The van der Waals surface area contributed by atoms with Crippen molar-refractivity contribution in [3.8, 4) is 38.3 Å². The van der Waals surface area contributed by atoms with Gasteiger partial charge < -0.3 is 97.4 Å². The zero-order valence-electron chi connectivity index (χ0n) is 53.2. The quantitative estimate of drug-likeness (QED) is 0.0483. The smallest absolute Gasteiger partial charge is 0.407 e. The second kappa shape index (κ2) is 33.0. The van der Waals surface area contributed by atoms with Gasteiger partial charge in [-0.05, 0) is 100 Å². The number of unbranched alkanes of at least 4 members (excludes halogenated alkanes) is 2. The number of aliphatic hydroxyl groups is 6. The molecule has 0 bridgehead atoms. The molecule has 1 unspecified atom stereocenters. The van der Waals surface area contributed by atoms with Crippen LogP contribution >= 0.6 is 11.3 Å². The average Bonchev–Trinajstić information content (AvgIpc) is 1.62. The summed E-state index contributed by atoms with van der Waals surface area (Å²) in [6.45, 7) is 8.82. The number of β-amino-alcohol motifs (C(OH)–C–C–N with tert-alkyl or cyclic N) is 1. The lowest BCUT2D eigenvalue weighted by atomic mass is 9.98. The van der Waals surface area contributed by atoms with E-state index in [1.54, 1.807) is 39.1 Å². The lowest BCUT2D eigenvalue weighted by Gasteiger charge is -2.33. The number of nitrogens with zero attached hydrogens (tertiary/aromatic N) is 3. The number of phenols is 1. The summed E-state index contributed by atoms with van der Waals surface area (Å²) < 4.78 is 16.8. The number of thiazole rings is 1. The lowest BCUT2D eigenvalue weighted by Crippen LogP contribution is -2.64. The maximum Gasteiger partial charge on any atom is 0.407 e. The van der Waals surface area contributed by atoms with Gasteiger partial charge in [0.15, 0.2) is 11.5 Å². The van der Waals surface area contributed by atoms with Crippen LogP contribution in [0.2, 0.25) is 0 Å². The third-order valence-corrected chi connectivity index (χ3v) is 17.0. The van der Waals surface area contributed by atoms with Crippen LogP contribution in [0.4, 0.5) is 4.79 Å². The van der Waals surface area contributed by atoms with Crippen molar-refractivity contribution in [1.82, 2.24) is 46.7 Å². The highest BCUT2D eigenvalue weighted by atomic mass is 32.1. The van der Waals surface area contributed by atoms with Crippen LogP contribution in [0.5, 0.6) is 17.2 Å². The molecule has 7 rings (SSSR count). The van der Waals surface area contributed by atoms with Gasteiger partial charge in [-0.2, -0.15) is 0 Å². The molecule has 29 nitrogen and oxygen atoms in total. The minimum Gasteiger partial charge on any atom is -0.504 e. The number of primary amides is 1. The third kappa shape index (κ3) is 19.8. The van der Waals surface area contributed by atoms with Crippen molar-refractivity contribution in [3.05, 3.63) is 84.1 Å². The molecule has 13 atom stereocenters. The first kappa shape index (κ1) is 72.9. The molecule has 1 aromatic heterocycles. The Balaban J connectivity index is 1.17. The molecule has 30 heteroatoms. The van der Waals surface area contributed by atoms with Gasteiger partial charge >= 0.3 is 6.09 Å². The Bertz CT molecular complexity index is 3310. The van der Waals surface area contributed by atoms with E-state index in [1.165, 1.54) is 48.6 Å². The van der Waals surface area contributed by atoms with Crippen LogP contribution in [0.15, 0.2) is 72.9 Å². The van der Waals surface area contributed by atoms with Gasteiger partial charge in [0.2, 0.25) is 41.4 Å². The van der Waals surface area contributed by atoms with E-state index in [1.807, 2.05) is 24.3 Å². The van der Waals surface area contributed by atoms with Gasteiger partial charge in [0.1, 0.15) is 52.6 Å². The fraction of sp³-hybridized carbons (Fsp3) is 0.531. The van der Waals surface area contributed by atoms with E-state index in [4.69, 9.17) is 19.9 Å². The molecule has 3 saturated heterocycles. The number of hydrogen-bond acceptors (Lipinski definition) is 21. The molecule has 9 amide bonds. The first-order valence-electron chi connectivity index (χ1n) is 31.2. The van der Waals surface area contributed by atoms with Crippen molar-refractivity contribution in [2.24, 2.45) is 11.7 Å². The molecule has 0 radical (unpaired) electrons. The number of nitrogens with two attached hydrogens (primary N) is 1. The van der Waals surface area contributed by atoms with E-state index in [-0.39, 0.29) is 42.2 Å². The zero-order valence-corrected chi connectivity index (χ0v) is 54.0.